The molecule has 19 heavy (non-hydrogen) atoms. The molecule has 4 nitrogen and oxygen atoms in total. The van der Waals surface area contributed by atoms with Crippen molar-refractivity contribution >= 4 is 5.91 Å². The second kappa shape index (κ2) is 6.37. The standard InChI is InChI=1S/C15H18N2O2/c16-9-1-2-12-3-5-13(6-4-12)15(19)17(10-11-18)14-7-8-14/h3-6,14,18H,7-11,16H2. The molecular formula is C15H18N2O2. The van der Waals surface area contributed by atoms with Gasteiger partial charge in [-0.3, -0.25) is 4.79 Å². The van der Waals surface area contributed by atoms with Crippen LogP contribution >= 0.6 is 0 Å². The third-order valence-corrected chi connectivity index (χ3v) is 3.06. The van der Waals surface area contributed by atoms with Crippen molar-refractivity contribution < 1.29 is 9.90 Å². The van der Waals surface area contributed by atoms with Crippen molar-refractivity contribution in [2.75, 3.05) is 19.7 Å². The minimum Gasteiger partial charge on any atom is -0.395 e. The molecule has 0 aromatic heterocycles. The normalized spacial score (nSPS) is 13.6. The number of nitrogens with two attached hydrogens (primary N) is 1. The maximum absolute atomic E-state index is 12.3. The highest BCUT2D eigenvalue weighted by atomic mass is 16.3. The van der Waals surface area contributed by atoms with Crippen molar-refractivity contribution in [3.05, 3.63) is 35.4 Å². The molecule has 2 rings (SSSR count). The van der Waals surface area contributed by atoms with E-state index >= 15 is 0 Å². The van der Waals surface area contributed by atoms with Crippen LogP contribution < -0.4 is 5.73 Å². The molecule has 1 aromatic carbocycles. The third kappa shape index (κ3) is 3.57. The molecule has 3 N–H and O–H groups in total. The van der Waals surface area contributed by atoms with Crippen molar-refractivity contribution in [3.8, 4) is 11.8 Å². The molecule has 0 atom stereocenters. The van der Waals surface area contributed by atoms with Crippen LogP contribution in [0.2, 0.25) is 0 Å². The lowest BCUT2D eigenvalue weighted by atomic mass is 10.1. The van der Waals surface area contributed by atoms with E-state index in [0.29, 0.717) is 24.7 Å². The Kier molecular flexibility index (Phi) is 4.56. The van der Waals surface area contributed by atoms with Gasteiger partial charge in [0.05, 0.1) is 13.2 Å². The molecule has 1 amide bonds. The van der Waals surface area contributed by atoms with Crippen LogP contribution in [0.15, 0.2) is 24.3 Å². The second-order valence-corrected chi connectivity index (χ2v) is 4.54. The zero-order chi connectivity index (χ0) is 13.7. The Balaban J connectivity index is 2.09. The maximum atomic E-state index is 12.3. The first-order valence-electron chi connectivity index (χ1n) is 6.47. The van der Waals surface area contributed by atoms with Crippen LogP contribution in [0, 0.1) is 11.8 Å². The highest BCUT2D eigenvalue weighted by molar-refractivity contribution is 5.94. The summed E-state index contributed by atoms with van der Waals surface area (Å²) in [5, 5.41) is 9.03. The third-order valence-electron chi connectivity index (χ3n) is 3.06. The minimum absolute atomic E-state index is 0.00228. The fourth-order valence-electron chi connectivity index (χ4n) is 1.96. The first-order valence-corrected chi connectivity index (χ1v) is 6.47. The number of carbonyl (C=O) groups excluding carboxylic acids is 1. The Morgan fingerprint density at radius 2 is 2.05 bits per heavy atom. The van der Waals surface area contributed by atoms with Crippen LogP contribution in [0.4, 0.5) is 0 Å². The van der Waals surface area contributed by atoms with Crippen molar-refractivity contribution in [1.29, 1.82) is 0 Å². The molecule has 0 unspecified atom stereocenters. The Hall–Kier alpha value is -1.83. The van der Waals surface area contributed by atoms with E-state index in [1.807, 2.05) is 12.1 Å². The van der Waals surface area contributed by atoms with Crippen LogP contribution in [0.5, 0.6) is 0 Å². The van der Waals surface area contributed by atoms with Gasteiger partial charge in [0.15, 0.2) is 0 Å². The summed E-state index contributed by atoms with van der Waals surface area (Å²) in [6.45, 7) is 0.729. The summed E-state index contributed by atoms with van der Waals surface area (Å²) in [6, 6.07) is 7.49. The van der Waals surface area contributed by atoms with Crippen LogP contribution in [-0.4, -0.2) is 41.7 Å². The molecule has 1 aromatic rings. The summed E-state index contributed by atoms with van der Waals surface area (Å²) in [5.41, 5.74) is 6.80. The average Bonchev–Trinajstić information content (AvgIpc) is 3.27. The SMILES string of the molecule is NCC#Cc1ccc(C(=O)N(CCO)C2CC2)cc1. The van der Waals surface area contributed by atoms with Gasteiger partial charge < -0.3 is 15.7 Å². The zero-order valence-corrected chi connectivity index (χ0v) is 10.8. The molecule has 0 spiro atoms. The summed E-state index contributed by atoms with van der Waals surface area (Å²) < 4.78 is 0. The van der Waals surface area contributed by atoms with Crippen LogP contribution in [0.25, 0.3) is 0 Å². The van der Waals surface area contributed by atoms with E-state index in [0.717, 1.165) is 18.4 Å². The smallest absolute Gasteiger partial charge is 0.254 e. The van der Waals surface area contributed by atoms with Gasteiger partial charge in [0.2, 0.25) is 0 Å². The maximum Gasteiger partial charge on any atom is 0.254 e. The van der Waals surface area contributed by atoms with Crippen molar-refractivity contribution in [3.63, 3.8) is 0 Å². The van der Waals surface area contributed by atoms with Gasteiger partial charge in [-0.25, -0.2) is 0 Å². The molecule has 1 fully saturated rings. The van der Waals surface area contributed by atoms with E-state index in [1.54, 1.807) is 17.0 Å². The summed E-state index contributed by atoms with van der Waals surface area (Å²) in [6.07, 6.45) is 2.07. The Morgan fingerprint density at radius 1 is 1.37 bits per heavy atom. The van der Waals surface area contributed by atoms with Crippen LogP contribution in [0.3, 0.4) is 0 Å². The number of hydrogen-bond donors (Lipinski definition) is 2. The monoisotopic (exact) mass is 258 g/mol. The predicted molar refractivity (Wildman–Crippen MR) is 73.5 cm³/mol. The number of aliphatic hydroxyl groups excluding tert-OH is 1. The van der Waals surface area contributed by atoms with Gasteiger partial charge in [-0.15, -0.1) is 0 Å². The number of amides is 1. The first kappa shape index (κ1) is 13.6. The Morgan fingerprint density at radius 3 is 2.58 bits per heavy atom. The molecule has 100 valence electrons. The lowest BCUT2D eigenvalue weighted by molar-refractivity contribution is 0.0707. The number of benzene rings is 1. The zero-order valence-electron chi connectivity index (χ0n) is 10.8. The lowest BCUT2D eigenvalue weighted by Gasteiger charge is -2.21. The van der Waals surface area contributed by atoms with E-state index in [9.17, 15) is 4.79 Å². The largest absolute Gasteiger partial charge is 0.395 e. The van der Waals surface area contributed by atoms with E-state index in [-0.39, 0.29) is 12.5 Å². The lowest BCUT2D eigenvalue weighted by Crippen LogP contribution is -2.35. The van der Waals surface area contributed by atoms with Gasteiger partial charge in [-0.2, -0.15) is 0 Å². The van der Waals surface area contributed by atoms with Gasteiger partial charge in [0.25, 0.3) is 5.91 Å². The van der Waals surface area contributed by atoms with Gasteiger partial charge in [0.1, 0.15) is 0 Å². The van der Waals surface area contributed by atoms with E-state index in [4.69, 9.17) is 10.8 Å². The van der Waals surface area contributed by atoms with E-state index in [2.05, 4.69) is 11.8 Å². The van der Waals surface area contributed by atoms with Gasteiger partial charge >= 0.3 is 0 Å². The quantitative estimate of drug-likeness (QED) is 0.777. The number of rotatable bonds is 4. The van der Waals surface area contributed by atoms with Crippen LogP contribution in [-0.2, 0) is 0 Å². The van der Waals surface area contributed by atoms with Gasteiger partial charge in [-0.05, 0) is 37.1 Å². The van der Waals surface area contributed by atoms with Crippen LogP contribution in [0.1, 0.15) is 28.8 Å². The molecule has 1 aliphatic carbocycles. The fraction of sp³-hybridized carbons (Fsp3) is 0.400. The second-order valence-electron chi connectivity index (χ2n) is 4.54. The number of carbonyl (C=O) groups is 1. The summed E-state index contributed by atoms with van der Waals surface area (Å²) in [7, 11) is 0. The molecule has 0 bridgehead atoms. The average molecular weight is 258 g/mol. The van der Waals surface area contributed by atoms with Crippen molar-refractivity contribution in [2.45, 2.75) is 18.9 Å². The molecule has 1 saturated carbocycles. The summed E-state index contributed by atoms with van der Waals surface area (Å²) >= 11 is 0. The molecule has 0 radical (unpaired) electrons. The molecule has 0 saturated heterocycles. The summed E-state index contributed by atoms with van der Waals surface area (Å²) in [4.78, 5) is 14.1. The molecule has 4 heteroatoms. The fourth-order valence-corrected chi connectivity index (χ4v) is 1.96. The minimum atomic E-state index is -0.0186. The number of hydrogen-bond acceptors (Lipinski definition) is 3. The highest BCUT2D eigenvalue weighted by Gasteiger charge is 2.32. The topological polar surface area (TPSA) is 66.6 Å². The van der Waals surface area contributed by atoms with E-state index < -0.39 is 0 Å². The Bertz CT molecular complexity index is 495. The molecular weight excluding hydrogens is 240 g/mol. The van der Waals surface area contributed by atoms with Gasteiger partial charge in [0, 0.05) is 23.7 Å². The number of nitrogens with zero attached hydrogens (tertiary/aromatic N) is 1. The molecule has 0 aliphatic heterocycles. The van der Waals surface area contributed by atoms with Crippen molar-refractivity contribution in [2.24, 2.45) is 5.73 Å². The predicted octanol–water partition coefficient (Wildman–Crippen LogP) is 0.594. The molecule has 0 heterocycles. The van der Waals surface area contributed by atoms with Crippen molar-refractivity contribution in [1.82, 2.24) is 4.90 Å². The number of aliphatic hydroxyl groups is 1. The molecule has 1 aliphatic rings. The highest BCUT2D eigenvalue weighted by Crippen LogP contribution is 2.27. The first-order chi connectivity index (χ1) is 9.26. The van der Waals surface area contributed by atoms with Gasteiger partial charge in [-0.1, -0.05) is 11.8 Å². The summed E-state index contributed by atoms with van der Waals surface area (Å²) in [5.74, 6) is 5.68. The Labute approximate surface area is 113 Å². The van der Waals surface area contributed by atoms with E-state index in [1.165, 1.54) is 0 Å².